The number of hydrogen-bond acceptors (Lipinski definition) is 3. The van der Waals surface area contributed by atoms with Crippen LogP contribution in [0.5, 0.6) is 0 Å². The van der Waals surface area contributed by atoms with E-state index < -0.39 is 0 Å². The van der Waals surface area contributed by atoms with Crippen molar-refractivity contribution in [1.82, 2.24) is 9.97 Å². The molecule has 2 aromatic carbocycles. The number of rotatable bonds is 2. The molecule has 23 heavy (non-hydrogen) atoms. The molecule has 0 aliphatic rings. The summed E-state index contributed by atoms with van der Waals surface area (Å²) in [5.74, 6) is 0. The molecule has 1 N–H and O–H groups in total. The van der Waals surface area contributed by atoms with Gasteiger partial charge in [-0.25, -0.2) is 4.98 Å². The second kappa shape index (κ2) is 5.07. The van der Waals surface area contributed by atoms with Crippen LogP contribution in [0, 0.1) is 10.1 Å². The van der Waals surface area contributed by atoms with Crippen molar-refractivity contribution < 1.29 is 4.92 Å². The number of nitro benzene ring substituents is 1. The number of nitrogens with one attached hydrogen (secondary N) is 1. The van der Waals surface area contributed by atoms with Gasteiger partial charge in [0.1, 0.15) is 5.65 Å². The molecule has 0 atom stereocenters. The minimum absolute atomic E-state index is 0.0860. The number of aromatic amines is 1. The summed E-state index contributed by atoms with van der Waals surface area (Å²) in [6.07, 6.45) is 1.59. The first-order valence-corrected chi connectivity index (χ1v) is 7.32. The Hall–Kier alpha value is -2.92. The van der Waals surface area contributed by atoms with E-state index in [2.05, 4.69) is 9.97 Å². The van der Waals surface area contributed by atoms with Gasteiger partial charge >= 0.3 is 0 Å². The van der Waals surface area contributed by atoms with E-state index in [1.165, 1.54) is 6.07 Å². The van der Waals surface area contributed by atoms with E-state index in [0.717, 1.165) is 27.5 Å². The summed E-state index contributed by atoms with van der Waals surface area (Å²) < 4.78 is 0. The molecule has 0 bridgehead atoms. The van der Waals surface area contributed by atoms with E-state index in [9.17, 15) is 10.1 Å². The summed E-state index contributed by atoms with van der Waals surface area (Å²) >= 11 is 6.03. The molecule has 4 rings (SSSR count). The second-order valence-corrected chi connectivity index (χ2v) is 5.65. The smallest absolute Gasteiger partial charge is 0.277 e. The number of hydrogen-bond donors (Lipinski definition) is 1. The van der Waals surface area contributed by atoms with Crippen molar-refractivity contribution in [2.24, 2.45) is 0 Å². The second-order valence-electron chi connectivity index (χ2n) is 5.21. The van der Waals surface area contributed by atoms with E-state index in [1.807, 2.05) is 24.3 Å². The third-order valence-electron chi connectivity index (χ3n) is 3.83. The van der Waals surface area contributed by atoms with Crippen LogP contribution >= 0.6 is 11.6 Å². The molecule has 0 spiro atoms. The molecule has 4 aromatic rings. The van der Waals surface area contributed by atoms with Crippen molar-refractivity contribution in [3.05, 3.63) is 69.9 Å². The molecule has 2 heterocycles. The normalized spacial score (nSPS) is 11.2. The number of nitro groups is 1. The van der Waals surface area contributed by atoms with Gasteiger partial charge in [0, 0.05) is 28.6 Å². The quantitative estimate of drug-likeness (QED) is 0.419. The van der Waals surface area contributed by atoms with E-state index in [0.29, 0.717) is 10.6 Å². The zero-order valence-electron chi connectivity index (χ0n) is 11.8. The van der Waals surface area contributed by atoms with Gasteiger partial charge in [-0.1, -0.05) is 29.8 Å². The van der Waals surface area contributed by atoms with Gasteiger partial charge in [-0.05, 0) is 29.8 Å². The van der Waals surface area contributed by atoms with Crippen LogP contribution in [0.1, 0.15) is 0 Å². The number of nitrogens with zero attached hydrogens (tertiary/aromatic N) is 2. The van der Waals surface area contributed by atoms with Crippen LogP contribution in [0.3, 0.4) is 0 Å². The SMILES string of the molecule is O=[N+]([O-])c1ccccc1-c1ccc2[nH]c3ncc(Cl)cc3c2c1. The number of halogens is 1. The summed E-state index contributed by atoms with van der Waals surface area (Å²) in [5, 5.41) is 13.6. The van der Waals surface area contributed by atoms with Gasteiger partial charge in [0.25, 0.3) is 5.69 Å². The Morgan fingerprint density at radius 1 is 1.09 bits per heavy atom. The van der Waals surface area contributed by atoms with E-state index >= 15 is 0 Å². The van der Waals surface area contributed by atoms with Gasteiger partial charge in [0.15, 0.2) is 0 Å². The predicted molar refractivity (Wildman–Crippen MR) is 90.7 cm³/mol. The topological polar surface area (TPSA) is 71.8 Å². The van der Waals surface area contributed by atoms with Gasteiger partial charge in [-0.3, -0.25) is 10.1 Å². The van der Waals surface area contributed by atoms with Crippen LogP contribution in [0.2, 0.25) is 5.02 Å². The molecule has 0 aliphatic carbocycles. The summed E-state index contributed by atoms with van der Waals surface area (Å²) in [6.45, 7) is 0. The predicted octanol–water partition coefficient (Wildman–Crippen LogP) is 4.94. The minimum atomic E-state index is -0.368. The van der Waals surface area contributed by atoms with Crippen molar-refractivity contribution in [2.45, 2.75) is 0 Å². The lowest BCUT2D eigenvalue weighted by Crippen LogP contribution is -1.91. The van der Waals surface area contributed by atoms with Crippen molar-refractivity contribution in [1.29, 1.82) is 0 Å². The molecule has 0 saturated carbocycles. The maximum atomic E-state index is 11.2. The molecule has 6 heteroatoms. The Morgan fingerprint density at radius 3 is 2.74 bits per heavy atom. The van der Waals surface area contributed by atoms with Crippen LogP contribution in [-0.2, 0) is 0 Å². The summed E-state index contributed by atoms with van der Waals surface area (Å²) in [6, 6.07) is 14.2. The number of benzene rings is 2. The third kappa shape index (κ3) is 2.22. The minimum Gasteiger partial charge on any atom is -0.339 e. The highest BCUT2D eigenvalue weighted by molar-refractivity contribution is 6.31. The Labute approximate surface area is 135 Å². The Morgan fingerprint density at radius 2 is 1.91 bits per heavy atom. The van der Waals surface area contributed by atoms with Gasteiger partial charge in [0.05, 0.1) is 15.5 Å². The summed E-state index contributed by atoms with van der Waals surface area (Å²) in [4.78, 5) is 18.4. The lowest BCUT2D eigenvalue weighted by atomic mass is 10.0. The maximum absolute atomic E-state index is 11.2. The first-order valence-electron chi connectivity index (χ1n) is 6.94. The molecule has 0 amide bonds. The molecule has 0 radical (unpaired) electrons. The van der Waals surface area contributed by atoms with Crippen LogP contribution in [-0.4, -0.2) is 14.9 Å². The van der Waals surface area contributed by atoms with Crippen LogP contribution in [0.4, 0.5) is 5.69 Å². The molecule has 5 nitrogen and oxygen atoms in total. The zero-order chi connectivity index (χ0) is 16.0. The lowest BCUT2D eigenvalue weighted by molar-refractivity contribution is -0.384. The standard InChI is InChI=1S/C17H10ClN3O2/c18-11-8-14-13-7-10(5-6-15(13)20-17(14)19-9-11)12-3-1-2-4-16(12)21(22)23/h1-9H,(H,19,20). The molecule has 0 fully saturated rings. The van der Waals surface area contributed by atoms with Crippen LogP contribution in [0.25, 0.3) is 33.1 Å². The summed E-state index contributed by atoms with van der Waals surface area (Å²) in [5.41, 5.74) is 3.11. The molecular formula is C17H10ClN3O2. The van der Waals surface area contributed by atoms with E-state index in [-0.39, 0.29) is 10.6 Å². The molecule has 2 aromatic heterocycles. The Balaban J connectivity index is 2.01. The van der Waals surface area contributed by atoms with Crippen molar-refractivity contribution >= 4 is 39.2 Å². The molecule has 0 saturated heterocycles. The first-order chi connectivity index (χ1) is 11.1. The highest BCUT2D eigenvalue weighted by atomic mass is 35.5. The molecule has 0 unspecified atom stereocenters. The number of aromatic nitrogens is 2. The van der Waals surface area contributed by atoms with Gasteiger partial charge in [0.2, 0.25) is 0 Å². The molecular weight excluding hydrogens is 314 g/mol. The van der Waals surface area contributed by atoms with Crippen molar-refractivity contribution in [3.63, 3.8) is 0 Å². The Kier molecular flexibility index (Phi) is 3.02. The molecule has 0 aliphatic heterocycles. The molecule has 112 valence electrons. The highest BCUT2D eigenvalue weighted by Crippen LogP contribution is 2.34. The highest BCUT2D eigenvalue weighted by Gasteiger charge is 2.15. The fraction of sp³-hybridized carbons (Fsp3) is 0. The van der Waals surface area contributed by atoms with Crippen LogP contribution in [0.15, 0.2) is 54.7 Å². The number of pyridine rings is 1. The number of fused-ring (bicyclic) bond motifs is 3. The maximum Gasteiger partial charge on any atom is 0.277 e. The van der Waals surface area contributed by atoms with Crippen LogP contribution < -0.4 is 0 Å². The Bertz CT molecular complexity index is 1070. The van der Waals surface area contributed by atoms with E-state index in [1.54, 1.807) is 24.4 Å². The van der Waals surface area contributed by atoms with Gasteiger partial charge < -0.3 is 4.98 Å². The van der Waals surface area contributed by atoms with Crippen molar-refractivity contribution in [3.8, 4) is 11.1 Å². The lowest BCUT2D eigenvalue weighted by Gasteiger charge is -2.03. The average Bonchev–Trinajstić information content (AvgIpc) is 2.92. The fourth-order valence-corrected chi connectivity index (χ4v) is 2.95. The fourth-order valence-electron chi connectivity index (χ4n) is 2.79. The van der Waals surface area contributed by atoms with Gasteiger partial charge in [-0.2, -0.15) is 0 Å². The number of H-pyrrole nitrogens is 1. The van der Waals surface area contributed by atoms with Gasteiger partial charge in [-0.15, -0.1) is 0 Å². The average molecular weight is 324 g/mol. The largest absolute Gasteiger partial charge is 0.339 e. The number of para-hydroxylation sites is 1. The first kappa shape index (κ1) is 13.7. The third-order valence-corrected chi connectivity index (χ3v) is 4.04. The zero-order valence-corrected chi connectivity index (χ0v) is 12.5. The van der Waals surface area contributed by atoms with E-state index in [4.69, 9.17) is 11.6 Å². The van der Waals surface area contributed by atoms with Crippen molar-refractivity contribution in [2.75, 3.05) is 0 Å². The monoisotopic (exact) mass is 323 g/mol. The summed E-state index contributed by atoms with van der Waals surface area (Å²) in [7, 11) is 0.